The first-order valence-corrected chi connectivity index (χ1v) is 15.6. The predicted molar refractivity (Wildman–Crippen MR) is 141 cm³/mol. The highest BCUT2D eigenvalue weighted by Gasteiger charge is 2.48. The zero-order valence-corrected chi connectivity index (χ0v) is 23.9. The second-order valence-electron chi connectivity index (χ2n) is 9.63. The summed E-state index contributed by atoms with van der Waals surface area (Å²) in [6.45, 7) is -1.81. The second-order valence-corrected chi connectivity index (χ2v) is 12.7. The van der Waals surface area contributed by atoms with Crippen LogP contribution in [-0.4, -0.2) is 110 Å². The number of nitrogens with zero attached hydrogens (tertiary/aromatic N) is 5. The first-order chi connectivity index (χ1) is 20.7. The zero-order chi connectivity index (χ0) is 32.0. The number of aliphatic hydroxyl groups is 4. The van der Waals surface area contributed by atoms with E-state index < -0.39 is 83.7 Å². The van der Waals surface area contributed by atoms with Crippen molar-refractivity contribution in [2.45, 2.75) is 49.0 Å². The Morgan fingerprint density at radius 2 is 1.57 bits per heavy atom. The van der Waals surface area contributed by atoms with Crippen LogP contribution >= 0.6 is 15.6 Å². The van der Waals surface area contributed by atoms with E-state index in [9.17, 15) is 44.1 Å². The number of ether oxygens (including phenoxy) is 2. The topological polar surface area (TPSA) is 327 Å². The quantitative estimate of drug-likeness (QED) is 0.0994. The molecule has 5 rings (SSSR count). The number of aliphatic hydroxyl groups excluding tert-OH is 4. The van der Waals surface area contributed by atoms with Crippen molar-refractivity contribution in [2.24, 2.45) is 5.73 Å². The third-order valence-electron chi connectivity index (χ3n) is 6.69. The molecular formula is C21H27N7O14P2. The first-order valence-electron chi connectivity index (χ1n) is 12.6. The number of phosphoric acid groups is 2. The highest BCUT2D eigenvalue weighted by molar-refractivity contribution is 7.61. The number of imidazole rings is 1. The van der Waals surface area contributed by atoms with E-state index in [0.29, 0.717) is 0 Å². The summed E-state index contributed by atoms with van der Waals surface area (Å²) in [6, 6.07) is 4.10. The van der Waals surface area contributed by atoms with Crippen LogP contribution in [0.15, 0.2) is 30.9 Å². The molecule has 0 bridgehead atoms. The summed E-state index contributed by atoms with van der Waals surface area (Å²) >= 11 is 0. The van der Waals surface area contributed by atoms with Crippen LogP contribution in [0, 0.1) is 0 Å². The Hall–Kier alpha value is -3.01. The number of phosphoric ester groups is 2. The Kier molecular flexibility index (Phi) is 9.13. The maximum absolute atomic E-state index is 12.4. The Morgan fingerprint density at radius 1 is 0.932 bits per heavy atom. The van der Waals surface area contributed by atoms with Gasteiger partial charge in [0.05, 0.1) is 25.2 Å². The van der Waals surface area contributed by atoms with Crippen molar-refractivity contribution >= 4 is 38.5 Å². The van der Waals surface area contributed by atoms with E-state index in [4.69, 9.17) is 25.5 Å². The van der Waals surface area contributed by atoms with Gasteiger partial charge in [-0.3, -0.25) is 18.4 Å². The average Bonchev–Trinajstić information content (AvgIpc) is 3.61. The highest BCUT2D eigenvalue weighted by Crippen LogP contribution is 2.60. The van der Waals surface area contributed by atoms with Gasteiger partial charge in [0.1, 0.15) is 60.3 Å². The highest BCUT2D eigenvalue weighted by atomic mass is 31.3. The maximum Gasteiger partial charge on any atom is 0.481 e. The molecule has 5 heterocycles. The van der Waals surface area contributed by atoms with Crippen molar-refractivity contribution in [1.82, 2.24) is 24.5 Å². The standard InChI is InChI=1S/C21H27N7O14P2/c22-18-12-20(25-6-24-18)28(7-26-12)21-16(32)14(30)11(41-21)5-39-44(36,37)42-43(34,35)38-4-10-13(29)15(31)17(40-10)8-2-1-3-9(27-8)19(23)33/h1-3,6-7,10-11,13-17,21,29-32H,4-5H2,(H2,23,33)(H,34,35)(H,36,37)(H2,22,24,25)/t10-,11-,13?,14?,15?,16?,17+,21-/m1/s1. The lowest BCUT2D eigenvalue weighted by atomic mass is 10.1. The number of aromatic nitrogens is 5. The van der Waals surface area contributed by atoms with Crippen LogP contribution in [0.3, 0.4) is 0 Å². The molecular weight excluding hydrogens is 636 g/mol. The van der Waals surface area contributed by atoms with E-state index in [1.807, 2.05) is 0 Å². The van der Waals surface area contributed by atoms with Gasteiger partial charge in [-0.2, -0.15) is 4.31 Å². The fourth-order valence-corrected chi connectivity index (χ4v) is 6.63. The Balaban J connectivity index is 1.16. The molecule has 2 fully saturated rings. The van der Waals surface area contributed by atoms with Crippen molar-refractivity contribution in [1.29, 1.82) is 0 Å². The van der Waals surface area contributed by atoms with Crippen molar-refractivity contribution in [3.8, 4) is 0 Å². The van der Waals surface area contributed by atoms with Crippen molar-refractivity contribution in [3.63, 3.8) is 0 Å². The lowest BCUT2D eigenvalue weighted by Gasteiger charge is -2.20. The second kappa shape index (κ2) is 12.4. The van der Waals surface area contributed by atoms with Crippen LogP contribution in [0.1, 0.15) is 28.5 Å². The molecule has 3 aromatic heterocycles. The Morgan fingerprint density at radius 3 is 2.23 bits per heavy atom. The van der Waals surface area contributed by atoms with E-state index in [1.54, 1.807) is 0 Å². The van der Waals surface area contributed by atoms with Crippen LogP contribution in [-0.2, 0) is 32.0 Å². The normalized spacial score (nSPS) is 31.6. The third-order valence-corrected chi connectivity index (χ3v) is 9.29. The van der Waals surface area contributed by atoms with Gasteiger partial charge in [-0.15, -0.1) is 0 Å². The molecule has 0 spiro atoms. The number of hydrogen-bond acceptors (Lipinski definition) is 17. The molecule has 240 valence electrons. The number of hydrogen-bond donors (Lipinski definition) is 8. The number of rotatable bonds is 11. The van der Waals surface area contributed by atoms with Crippen LogP contribution in [0.25, 0.3) is 11.2 Å². The molecule has 10 N–H and O–H groups in total. The molecule has 2 aliphatic rings. The molecule has 0 aromatic carbocycles. The number of primary amides is 1. The minimum atomic E-state index is -5.38. The SMILES string of the molecule is NC(=O)c1cccc([C@@H]2O[C@H](COP(=O)(O)OP(=O)(O)OC[C@H]3O[C@@H](n4cnc5c(N)ncnc54)C(O)C3O)C(O)C2O)n1. The molecule has 1 amide bonds. The van der Waals surface area contributed by atoms with Gasteiger partial charge >= 0.3 is 15.6 Å². The van der Waals surface area contributed by atoms with Gasteiger partial charge in [0.15, 0.2) is 17.7 Å². The number of anilines is 1. The molecule has 44 heavy (non-hydrogen) atoms. The van der Waals surface area contributed by atoms with Gasteiger partial charge in [-0.1, -0.05) is 6.07 Å². The number of carbonyl (C=O) groups excluding carboxylic acids is 1. The van der Waals surface area contributed by atoms with Crippen LogP contribution in [0.4, 0.5) is 5.82 Å². The zero-order valence-electron chi connectivity index (χ0n) is 22.2. The summed E-state index contributed by atoms with van der Waals surface area (Å²) in [5, 5.41) is 41.6. The first kappa shape index (κ1) is 32.4. The van der Waals surface area contributed by atoms with Gasteiger partial charge in [-0.25, -0.2) is 29.1 Å². The van der Waals surface area contributed by atoms with Crippen molar-refractivity contribution < 1.29 is 67.0 Å². The Labute approximate surface area is 246 Å². The number of amides is 1. The molecule has 23 heteroatoms. The van der Waals surface area contributed by atoms with Gasteiger partial charge in [0, 0.05) is 0 Å². The fraction of sp³-hybridized carbons (Fsp3) is 0.476. The minimum absolute atomic E-state index is 0.0225. The molecule has 6 unspecified atom stereocenters. The van der Waals surface area contributed by atoms with Gasteiger partial charge in [0.25, 0.3) is 5.91 Å². The predicted octanol–water partition coefficient (Wildman–Crippen LogP) is -2.37. The summed E-state index contributed by atoms with van der Waals surface area (Å²) in [6.07, 6.45) is -9.61. The lowest BCUT2D eigenvalue weighted by Crippen LogP contribution is -2.33. The molecule has 2 aliphatic heterocycles. The molecule has 0 aliphatic carbocycles. The van der Waals surface area contributed by atoms with Crippen LogP contribution in [0.5, 0.6) is 0 Å². The number of fused-ring (bicyclic) bond motifs is 1. The van der Waals surface area contributed by atoms with E-state index in [1.165, 1.54) is 29.1 Å². The fourth-order valence-electron chi connectivity index (χ4n) is 4.54. The smallest absolute Gasteiger partial charge is 0.387 e. The summed E-state index contributed by atoms with van der Waals surface area (Å²) in [5.74, 6) is -0.807. The van der Waals surface area contributed by atoms with E-state index >= 15 is 0 Å². The molecule has 3 aromatic rings. The lowest BCUT2D eigenvalue weighted by molar-refractivity contribution is -0.0507. The van der Waals surface area contributed by atoms with Crippen LogP contribution in [0.2, 0.25) is 0 Å². The van der Waals surface area contributed by atoms with Gasteiger partial charge in [-0.05, 0) is 12.1 Å². The molecule has 21 nitrogen and oxygen atoms in total. The third kappa shape index (κ3) is 6.65. The molecule has 0 radical (unpaired) electrons. The molecule has 0 saturated carbocycles. The number of nitrogen functional groups attached to an aromatic ring is 1. The van der Waals surface area contributed by atoms with E-state index in [-0.39, 0.29) is 28.4 Å². The number of pyridine rings is 1. The summed E-state index contributed by atoms with van der Waals surface area (Å²) in [7, 11) is -10.8. The molecule has 10 atom stereocenters. The molecule has 2 saturated heterocycles. The maximum atomic E-state index is 12.4. The summed E-state index contributed by atoms with van der Waals surface area (Å²) < 4.78 is 50.7. The number of nitrogens with two attached hydrogens (primary N) is 2. The summed E-state index contributed by atoms with van der Waals surface area (Å²) in [5.41, 5.74) is 11.2. The average molecular weight is 663 g/mol. The van der Waals surface area contributed by atoms with E-state index in [0.717, 1.165) is 6.33 Å². The monoisotopic (exact) mass is 663 g/mol. The minimum Gasteiger partial charge on any atom is -0.387 e. The van der Waals surface area contributed by atoms with Gasteiger partial charge in [0.2, 0.25) is 0 Å². The largest absolute Gasteiger partial charge is 0.481 e. The van der Waals surface area contributed by atoms with E-state index in [2.05, 4.69) is 28.8 Å². The van der Waals surface area contributed by atoms with Crippen molar-refractivity contribution in [3.05, 3.63) is 42.2 Å². The summed E-state index contributed by atoms with van der Waals surface area (Å²) in [4.78, 5) is 47.2. The van der Waals surface area contributed by atoms with Crippen molar-refractivity contribution in [2.75, 3.05) is 18.9 Å². The van der Waals surface area contributed by atoms with Gasteiger partial charge < -0.3 is 51.2 Å². The Bertz CT molecular complexity index is 1630. The number of carbonyl (C=O) groups is 1. The van der Waals surface area contributed by atoms with Crippen LogP contribution < -0.4 is 11.5 Å².